The zero-order valence-corrected chi connectivity index (χ0v) is 4.89. The molecule has 1 N–H and O–H groups in total. The van der Waals surface area contributed by atoms with Crippen LogP contribution in [0.5, 0.6) is 0 Å². The van der Waals surface area contributed by atoms with Crippen molar-refractivity contribution in [3.63, 3.8) is 0 Å². The van der Waals surface area contributed by atoms with E-state index in [0.29, 0.717) is 5.57 Å². The summed E-state index contributed by atoms with van der Waals surface area (Å²) >= 11 is 0. The van der Waals surface area contributed by atoms with Crippen molar-refractivity contribution in [1.29, 1.82) is 5.26 Å². The third-order valence-electron chi connectivity index (χ3n) is 1.08. The number of nitrogens with zero attached hydrogens (tertiary/aromatic N) is 1. The molecule has 1 heterocycles. The molecule has 0 atom stereocenters. The lowest BCUT2D eigenvalue weighted by molar-refractivity contribution is 1.41. The summed E-state index contributed by atoms with van der Waals surface area (Å²) in [6, 6.07) is 3.76. The molecule has 0 aliphatic heterocycles. The number of H-pyrrole nitrogens is 1. The molecule has 1 rings (SSSR count). The molecule has 9 heavy (non-hydrogen) atoms. The van der Waals surface area contributed by atoms with E-state index in [2.05, 4.69) is 11.6 Å². The number of hydrogen-bond donors (Lipinski definition) is 1. The summed E-state index contributed by atoms with van der Waals surface area (Å²) in [6.45, 7) is 3.53. The average Bonchev–Trinajstić information content (AvgIpc) is 2.37. The second-order valence-corrected chi connectivity index (χ2v) is 1.69. The predicted octanol–water partition coefficient (Wildman–Crippen LogP) is 1.55. The van der Waals surface area contributed by atoms with Crippen molar-refractivity contribution in [3.8, 4) is 6.07 Å². The third-order valence-corrected chi connectivity index (χ3v) is 1.08. The fraction of sp³-hybridized carbons (Fsp3) is 0. The van der Waals surface area contributed by atoms with Gasteiger partial charge in [0.25, 0.3) is 0 Å². The van der Waals surface area contributed by atoms with Crippen LogP contribution in [0.15, 0.2) is 25.0 Å². The van der Waals surface area contributed by atoms with Gasteiger partial charge in [-0.05, 0) is 6.07 Å². The lowest BCUT2D eigenvalue weighted by Crippen LogP contribution is -1.69. The van der Waals surface area contributed by atoms with Crippen LogP contribution in [-0.4, -0.2) is 4.98 Å². The quantitative estimate of drug-likeness (QED) is 0.558. The number of hydrogen-bond acceptors (Lipinski definition) is 1. The topological polar surface area (TPSA) is 39.6 Å². The van der Waals surface area contributed by atoms with Gasteiger partial charge in [0.2, 0.25) is 0 Å². The Kier molecular flexibility index (Phi) is 1.37. The van der Waals surface area contributed by atoms with Crippen molar-refractivity contribution >= 4 is 5.57 Å². The van der Waals surface area contributed by atoms with E-state index in [1.165, 1.54) is 0 Å². The Hall–Kier alpha value is -1.49. The highest BCUT2D eigenvalue weighted by molar-refractivity contribution is 5.74. The summed E-state index contributed by atoms with van der Waals surface area (Å²) in [5.74, 6) is 0. The third kappa shape index (κ3) is 1.000. The number of aromatic amines is 1. The van der Waals surface area contributed by atoms with Gasteiger partial charge in [0.05, 0.1) is 11.6 Å². The van der Waals surface area contributed by atoms with Crippen molar-refractivity contribution in [2.75, 3.05) is 0 Å². The molecule has 1 aromatic heterocycles. The molecule has 44 valence electrons. The molecule has 0 saturated heterocycles. The van der Waals surface area contributed by atoms with Gasteiger partial charge in [0.15, 0.2) is 0 Å². The molecule has 1 aromatic rings. The zero-order chi connectivity index (χ0) is 6.69. The molecule has 0 radical (unpaired) electrons. The highest BCUT2D eigenvalue weighted by Gasteiger charge is 1.93. The van der Waals surface area contributed by atoms with Gasteiger partial charge in [-0.25, -0.2) is 0 Å². The molecule has 0 amide bonds. The lowest BCUT2D eigenvalue weighted by atomic mass is 10.2. The molecule has 0 saturated carbocycles. The molecule has 0 aliphatic rings. The molecule has 0 aromatic carbocycles. The smallest absolute Gasteiger partial charge is 0.0992 e. The summed E-state index contributed by atoms with van der Waals surface area (Å²) in [5, 5.41) is 8.34. The molecular formula is C7H6N2. The fourth-order valence-corrected chi connectivity index (χ4v) is 0.576. The predicted molar refractivity (Wildman–Crippen MR) is 35.4 cm³/mol. The maximum Gasteiger partial charge on any atom is 0.0992 e. The first-order valence-corrected chi connectivity index (χ1v) is 2.57. The average molecular weight is 118 g/mol. The Morgan fingerprint density at radius 1 is 1.78 bits per heavy atom. The van der Waals surface area contributed by atoms with Crippen molar-refractivity contribution < 1.29 is 0 Å². The van der Waals surface area contributed by atoms with Crippen LogP contribution in [0.25, 0.3) is 5.57 Å². The van der Waals surface area contributed by atoms with Crippen LogP contribution in [0.1, 0.15) is 5.56 Å². The summed E-state index contributed by atoms with van der Waals surface area (Å²) < 4.78 is 0. The number of rotatable bonds is 1. The van der Waals surface area contributed by atoms with Gasteiger partial charge in [0.1, 0.15) is 0 Å². The first-order chi connectivity index (χ1) is 4.34. The van der Waals surface area contributed by atoms with Crippen molar-refractivity contribution in [1.82, 2.24) is 4.98 Å². The van der Waals surface area contributed by atoms with Gasteiger partial charge in [-0.1, -0.05) is 6.58 Å². The maximum atomic E-state index is 8.34. The van der Waals surface area contributed by atoms with E-state index in [4.69, 9.17) is 5.26 Å². The minimum Gasteiger partial charge on any atom is -0.367 e. The molecule has 0 bridgehead atoms. The van der Waals surface area contributed by atoms with Crippen LogP contribution in [0, 0.1) is 11.3 Å². The second-order valence-electron chi connectivity index (χ2n) is 1.69. The van der Waals surface area contributed by atoms with Crippen LogP contribution in [0.4, 0.5) is 0 Å². The van der Waals surface area contributed by atoms with Crippen LogP contribution in [0.2, 0.25) is 0 Å². The number of nitrogens with one attached hydrogen (secondary N) is 1. The van der Waals surface area contributed by atoms with E-state index >= 15 is 0 Å². The Balaban J connectivity index is 2.93. The van der Waals surface area contributed by atoms with Gasteiger partial charge in [-0.3, -0.25) is 0 Å². The van der Waals surface area contributed by atoms with E-state index in [1.807, 2.05) is 12.1 Å². The monoisotopic (exact) mass is 118 g/mol. The van der Waals surface area contributed by atoms with Crippen LogP contribution < -0.4 is 0 Å². The lowest BCUT2D eigenvalue weighted by Gasteiger charge is -1.83. The van der Waals surface area contributed by atoms with E-state index in [0.717, 1.165) is 5.56 Å². The molecule has 0 spiro atoms. The number of aromatic nitrogens is 1. The number of allylic oxidation sites excluding steroid dienone is 1. The minimum absolute atomic E-state index is 0.497. The van der Waals surface area contributed by atoms with Crippen molar-refractivity contribution in [2.45, 2.75) is 0 Å². The van der Waals surface area contributed by atoms with Gasteiger partial charge in [0, 0.05) is 18.0 Å². The second kappa shape index (κ2) is 2.19. The Bertz CT molecular complexity index is 238. The standard InChI is InChI=1S/C7H6N2/c1-6(4-8)7-2-3-9-5-7/h2-3,5,9H,1H2. The number of nitriles is 1. The first kappa shape index (κ1) is 5.64. The Morgan fingerprint density at radius 3 is 3.00 bits per heavy atom. The molecule has 2 nitrogen and oxygen atoms in total. The molecule has 0 aliphatic carbocycles. The SMILES string of the molecule is C=C(C#N)c1cc[nH]c1. The Labute approximate surface area is 53.4 Å². The van der Waals surface area contributed by atoms with E-state index in [-0.39, 0.29) is 0 Å². The molecule has 0 fully saturated rings. The largest absolute Gasteiger partial charge is 0.367 e. The zero-order valence-electron chi connectivity index (χ0n) is 4.89. The van der Waals surface area contributed by atoms with E-state index < -0.39 is 0 Å². The van der Waals surface area contributed by atoms with Gasteiger partial charge in [-0.15, -0.1) is 0 Å². The normalized spacial score (nSPS) is 8.33. The highest BCUT2D eigenvalue weighted by Crippen LogP contribution is 2.07. The van der Waals surface area contributed by atoms with Gasteiger partial charge >= 0.3 is 0 Å². The Morgan fingerprint density at radius 2 is 2.56 bits per heavy atom. The van der Waals surface area contributed by atoms with Crippen molar-refractivity contribution in [3.05, 3.63) is 30.6 Å². The van der Waals surface area contributed by atoms with Crippen LogP contribution >= 0.6 is 0 Å². The highest BCUT2D eigenvalue weighted by atomic mass is 14.6. The summed E-state index contributed by atoms with van der Waals surface area (Å²) in [6.07, 6.45) is 3.50. The van der Waals surface area contributed by atoms with Crippen molar-refractivity contribution in [2.24, 2.45) is 0 Å². The maximum absolute atomic E-state index is 8.34. The molecular weight excluding hydrogens is 112 g/mol. The summed E-state index contributed by atoms with van der Waals surface area (Å²) in [4.78, 5) is 2.83. The van der Waals surface area contributed by atoms with Crippen LogP contribution in [0.3, 0.4) is 0 Å². The van der Waals surface area contributed by atoms with Gasteiger partial charge in [-0.2, -0.15) is 5.26 Å². The fourth-order valence-electron chi connectivity index (χ4n) is 0.576. The molecule has 0 unspecified atom stereocenters. The summed E-state index contributed by atoms with van der Waals surface area (Å²) in [5.41, 5.74) is 1.36. The summed E-state index contributed by atoms with van der Waals surface area (Å²) in [7, 11) is 0. The van der Waals surface area contributed by atoms with E-state index in [1.54, 1.807) is 12.4 Å². The molecule has 2 heteroatoms. The van der Waals surface area contributed by atoms with E-state index in [9.17, 15) is 0 Å². The van der Waals surface area contributed by atoms with Gasteiger partial charge < -0.3 is 4.98 Å². The minimum atomic E-state index is 0.497. The first-order valence-electron chi connectivity index (χ1n) is 2.57. The van der Waals surface area contributed by atoms with Crippen LogP contribution in [-0.2, 0) is 0 Å².